The van der Waals surface area contributed by atoms with Gasteiger partial charge in [-0.25, -0.2) is 4.39 Å². The SMILES string of the molecule is CC(C)(C)[S+]([O-])N[C@H]1C[C@]1(c1ccc(C#N)cc1)c1ccc(F)c(N)c1. The second-order valence-corrected chi connectivity index (χ2v) is 9.65. The normalized spacial score (nSPS) is 23.3. The minimum absolute atomic E-state index is 0.0552. The Balaban J connectivity index is 2.00. The molecule has 0 heterocycles. The summed E-state index contributed by atoms with van der Waals surface area (Å²) in [5, 5.41) is 9.03. The molecule has 1 aliphatic rings. The molecule has 3 rings (SSSR count). The van der Waals surface area contributed by atoms with Crippen molar-refractivity contribution in [1.82, 2.24) is 4.72 Å². The highest BCUT2D eigenvalue weighted by molar-refractivity contribution is 7.90. The molecule has 0 bridgehead atoms. The number of benzene rings is 2. The van der Waals surface area contributed by atoms with Gasteiger partial charge in [-0.1, -0.05) is 18.2 Å². The van der Waals surface area contributed by atoms with E-state index in [9.17, 15) is 8.94 Å². The number of anilines is 1. The Morgan fingerprint density at radius 2 is 1.85 bits per heavy atom. The van der Waals surface area contributed by atoms with Gasteiger partial charge in [0.1, 0.15) is 10.6 Å². The van der Waals surface area contributed by atoms with Crippen LogP contribution in [0, 0.1) is 17.1 Å². The number of rotatable bonds is 4. The van der Waals surface area contributed by atoms with Gasteiger partial charge in [-0.15, -0.1) is 4.72 Å². The summed E-state index contributed by atoms with van der Waals surface area (Å²) in [5.74, 6) is -0.452. The summed E-state index contributed by atoms with van der Waals surface area (Å²) in [7, 11) is 0. The zero-order chi connectivity index (χ0) is 19.1. The molecule has 26 heavy (non-hydrogen) atoms. The van der Waals surface area contributed by atoms with Crippen molar-refractivity contribution < 1.29 is 8.94 Å². The van der Waals surface area contributed by atoms with E-state index >= 15 is 0 Å². The molecular weight excluding hydrogens is 349 g/mol. The van der Waals surface area contributed by atoms with Crippen LogP contribution in [0.5, 0.6) is 0 Å². The van der Waals surface area contributed by atoms with Crippen molar-refractivity contribution in [2.24, 2.45) is 0 Å². The summed E-state index contributed by atoms with van der Waals surface area (Å²) < 4.78 is 29.0. The average Bonchev–Trinajstić information content (AvgIpc) is 3.31. The first-order valence-electron chi connectivity index (χ1n) is 8.42. The van der Waals surface area contributed by atoms with Crippen LogP contribution in [0.25, 0.3) is 0 Å². The number of nitriles is 1. The molecule has 3 N–H and O–H groups in total. The van der Waals surface area contributed by atoms with Gasteiger partial charge in [-0.05, 0) is 62.6 Å². The van der Waals surface area contributed by atoms with Gasteiger partial charge in [0.25, 0.3) is 0 Å². The number of nitrogens with zero attached hydrogens (tertiary/aromatic N) is 1. The molecule has 1 fully saturated rings. The third-order valence-electron chi connectivity index (χ3n) is 4.81. The van der Waals surface area contributed by atoms with Crippen molar-refractivity contribution in [3.05, 3.63) is 65.0 Å². The Morgan fingerprint density at radius 3 is 2.38 bits per heavy atom. The molecule has 3 atom stereocenters. The predicted molar refractivity (Wildman–Crippen MR) is 102 cm³/mol. The fourth-order valence-corrected chi connectivity index (χ4v) is 4.08. The van der Waals surface area contributed by atoms with Crippen molar-refractivity contribution in [3.63, 3.8) is 0 Å². The largest absolute Gasteiger partial charge is 0.598 e. The summed E-state index contributed by atoms with van der Waals surface area (Å²) in [4.78, 5) is 0. The van der Waals surface area contributed by atoms with Crippen LogP contribution in [-0.2, 0) is 16.8 Å². The summed E-state index contributed by atoms with van der Waals surface area (Å²) >= 11 is -1.22. The van der Waals surface area contributed by atoms with Crippen LogP contribution in [0.15, 0.2) is 42.5 Å². The van der Waals surface area contributed by atoms with Crippen LogP contribution < -0.4 is 10.5 Å². The van der Waals surface area contributed by atoms with Crippen LogP contribution in [0.2, 0.25) is 0 Å². The van der Waals surface area contributed by atoms with E-state index < -0.39 is 22.6 Å². The molecule has 6 heteroatoms. The van der Waals surface area contributed by atoms with E-state index in [2.05, 4.69) is 10.8 Å². The number of hydrogen-bond acceptors (Lipinski definition) is 4. The molecule has 2 aromatic rings. The highest BCUT2D eigenvalue weighted by Crippen LogP contribution is 2.54. The lowest BCUT2D eigenvalue weighted by Gasteiger charge is -2.26. The third-order valence-corrected chi connectivity index (χ3v) is 6.42. The minimum atomic E-state index is -1.22. The smallest absolute Gasteiger partial charge is 0.146 e. The predicted octanol–water partition coefficient (Wildman–Crippen LogP) is 3.39. The molecule has 0 radical (unpaired) electrons. The van der Waals surface area contributed by atoms with Crippen molar-refractivity contribution >= 4 is 17.0 Å². The van der Waals surface area contributed by atoms with Crippen LogP contribution in [0.4, 0.5) is 10.1 Å². The Bertz CT molecular complexity index is 857. The zero-order valence-electron chi connectivity index (χ0n) is 15.0. The lowest BCUT2D eigenvalue weighted by Crippen LogP contribution is -2.42. The Morgan fingerprint density at radius 1 is 1.23 bits per heavy atom. The van der Waals surface area contributed by atoms with E-state index in [0.29, 0.717) is 5.56 Å². The lowest BCUT2D eigenvalue weighted by molar-refractivity contribution is 0.539. The summed E-state index contributed by atoms with van der Waals surface area (Å²) in [6.07, 6.45) is 0.728. The van der Waals surface area contributed by atoms with Gasteiger partial charge in [-0.3, -0.25) is 0 Å². The second kappa shape index (κ2) is 6.58. The van der Waals surface area contributed by atoms with Crippen molar-refractivity contribution in [2.75, 3.05) is 5.73 Å². The average molecular weight is 371 g/mol. The number of hydrogen-bond donors (Lipinski definition) is 2. The summed E-state index contributed by atoms with van der Waals surface area (Å²) in [6.45, 7) is 5.74. The lowest BCUT2D eigenvalue weighted by atomic mass is 9.86. The number of nitrogens with two attached hydrogens (primary N) is 1. The first kappa shape index (κ1) is 18.7. The molecule has 136 valence electrons. The van der Waals surface area contributed by atoms with Gasteiger partial charge in [-0.2, -0.15) is 5.26 Å². The summed E-state index contributed by atoms with van der Waals surface area (Å²) in [6, 6.07) is 14.1. The molecule has 0 saturated heterocycles. The molecule has 0 amide bonds. The first-order valence-corrected chi connectivity index (χ1v) is 9.57. The molecule has 1 unspecified atom stereocenters. The van der Waals surface area contributed by atoms with E-state index in [-0.39, 0.29) is 16.5 Å². The minimum Gasteiger partial charge on any atom is -0.598 e. The maximum atomic E-state index is 13.6. The molecule has 4 nitrogen and oxygen atoms in total. The third kappa shape index (κ3) is 3.30. The molecule has 0 aromatic heterocycles. The van der Waals surface area contributed by atoms with Crippen molar-refractivity contribution in [2.45, 2.75) is 43.4 Å². The highest BCUT2D eigenvalue weighted by Gasteiger charge is 2.59. The van der Waals surface area contributed by atoms with Gasteiger partial charge >= 0.3 is 0 Å². The maximum Gasteiger partial charge on any atom is 0.146 e. The van der Waals surface area contributed by atoms with Gasteiger partial charge in [0.05, 0.1) is 23.4 Å². The monoisotopic (exact) mass is 371 g/mol. The highest BCUT2D eigenvalue weighted by atomic mass is 32.2. The van der Waals surface area contributed by atoms with E-state index in [1.165, 1.54) is 6.07 Å². The number of nitrogens with one attached hydrogen (secondary N) is 1. The first-order chi connectivity index (χ1) is 12.2. The molecule has 0 spiro atoms. The van der Waals surface area contributed by atoms with E-state index in [1.54, 1.807) is 24.3 Å². The topological polar surface area (TPSA) is 84.9 Å². The van der Waals surface area contributed by atoms with Gasteiger partial charge in [0.15, 0.2) is 0 Å². The van der Waals surface area contributed by atoms with Crippen LogP contribution in [-0.4, -0.2) is 15.3 Å². The Labute approximate surface area is 156 Å². The fourth-order valence-electron chi connectivity index (χ4n) is 3.18. The number of nitrogen functional groups attached to an aromatic ring is 1. The number of halogens is 1. The van der Waals surface area contributed by atoms with E-state index in [0.717, 1.165) is 17.5 Å². The Hall–Kier alpha value is -2.07. The molecule has 1 saturated carbocycles. The van der Waals surface area contributed by atoms with E-state index in [4.69, 9.17) is 11.0 Å². The van der Waals surface area contributed by atoms with Gasteiger partial charge in [0, 0.05) is 16.8 Å². The maximum absolute atomic E-state index is 13.6. The van der Waals surface area contributed by atoms with Crippen molar-refractivity contribution in [1.29, 1.82) is 5.26 Å². The van der Waals surface area contributed by atoms with Crippen LogP contribution in [0.3, 0.4) is 0 Å². The quantitative estimate of drug-likeness (QED) is 0.637. The molecule has 0 aliphatic heterocycles. The molecular formula is C20H22FN3OS. The van der Waals surface area contributed by atoms with Gasteiger partial charge < -0.3 is 10.3 Å². The van der Waals surface area contributed by atoms with Gasteiger partial charge in [0.2, 0.25) is 0 Å². The van der Waals surface area contributed by atoms with Crippen LogP contribution in [0.1, 0.15) is 43.9 Å². The van der Waals surface area contributed by atoms with E-state index in [1.807, 2.05) is 32.9 Å². The molecule has 2 aromatic carbocycles. The van der Waals surface area contributed by atoms with Crippen molar-refractivity contribution in [3.8, 4) is 6.07 Å². The second-order valence-electron chi connectivity index (χ2n) is 7.65. The molecule has 1 aliphatic carbocycles. The zero-order valence-corrected chi connectivity index (χ0v) is 15.9. The fraction of sp³-hybridized carbons (Fsp3) is 0.350. The summed E-state index contributed by atoms with van der Waals surface area (Å²) in [5.41, 5.74) is 7.89. The standard InChI is InChI=1S/C20H22FN3OS/c1-19(2,3)26(25)24-18-11-20(18,14-6-4-13(12-22)5-7-14)15-8-9-16(21)17(23)10-15/h4-10,18,24H,11,23H2,1-3H3/t18-,20-,26?/m0/s1. The van der Waals surface area contributed by atoms with Crippen LogP contribution >= 0.6 is 0 Å². The Kier molecular flexibility index (Phi) is 4.74.